The van der Waals surface area contributed by atoms with E-state index in [9.17, 15) is 37.6 Å². The van der Waals surface area contributed by atoms with Crippen LogP contribution in [0.25, 0.3) is 0 Å². The Morgan fingerprint density at radius 2 is 1.86 bits per heavy atom. The molecule has 2 saturated heterocycles. The summed E-state index contributed by atoms with van der Waals surface area (Å²) in [6.45, 7) is 1.01. The summed E-state index contributed by atoms with van der Waals surface area (Å²) in [5.41, 5.74) is -3.31. The van der Waals surface area contributed by atoms with Gasteiger partial charge in [-0.05, 0) is 19.8 Å². The van der Waals surface area contributed by atoms with Crippen LogP contribution in [0.5, 0.6) is 0 Å². The Bertz CT molecular complexity index is 1370. The van der Waals surface area contributed by atoms with Gasteiger partial charge in [-0.2, -0.15) is 0 Å². The third-order valence-corrected chi connectivity index (χ3v) is 7.39. The third kappa shape index (κ3) is 3.98. The molecule has 3 atom stereocenters. The van der Waals surface area contributed by atoms with Crippen LogP contribution < -0.4 is 5.43 Å². The minimum Gasteiger partial charge on any atom is -0.335 e. The van der Waals surface area contributed by atoms with Gasteiger partial charge in [0.15, 0.2) is 5.43 Å². The van der Waals surface area contributed by atoms with Crippen LogP contribution in [-0.4, -0.2) is 67.8 Å². The van der Waals surface area contributed by atoms with E-state index in [2.05, 4.69) is 0 Å². The normalized spacial score (nSPS) is 24.9. The Morgan fingerprint density at radius 1 is 1.19 bits per heavy atom. The molecule has 1 N–H and O–H groups in total. The Hall–Kier alpha value is -3.71. The smallest absolute Gasteiger partial charge is 0.283 e. The fraction of sp³-hybridized carbons (Fsp3) is 0.417. The van der Waals surface area contributed by atoms with E-state index in [4.69, 9.17) is 4.84 Å². The topological polar surface area (TPSA) is 112 Å². The zero-order chi connectivity index (χ0) is 26.8. The molecule has 13 heteroatoms. The van der Waals surface area contributed by atoms with Gasteiger partial charge in [0.05, 0.1) is 19.0 Å². The molecule has 196 valence electrons. The summed E-state index contributed by atoms with van der Waals surface area (Å²) in [5, 5.41) is 11.4. The molecule has 0 saturated carbocycles. The first-order valence-electron chi connectivity index (χ1n) is 11.6. The van der Waals surface area contributed by atoms with Crippen molar-refractivity contribution in [2.45, 2.75) is 50.4 Å². The van der Waals surface area contributed by atoms with Crippen molar-refractivity contribution in [1.82, 2.24) is 19.6 Å². The van der Waals surface area contributed by atoms with E-state index >= 15 is 0 Å². The Labute approximate surface area is 208 Å². The number of hydroxylamine groups is 4. The highest BCUT2D eigenvalue weighted by Crippen LogP contribution is 2.46. The van der Waals surface area contributed by atoms with Crippen LogP contribution in [-0.2, 0) is 16.2 Å². The largest absolute Gasteiger partial charge is 0.335 e. The molecule has 5 rings (SSSR count). The minimum atomic E-state index is -1.32. The van der Waals surface area contributed by atoms with Crippen molar-refractivity contribution >= 4 is 17.7 Å². The predicted molar refractivity (Wildman–Crippen MR) is 119 cm³/mol. The van der Waals surface area contributed by atoms with E-state index in [1.54, 1.807) is 4.90 Å². The average Bonchev–Trinajstić information content (AvgIpc) is 3.06. The number of nitrogens with zero attached hydrogens (tertiary/aromatic N) is 4. The molecule has 3 amide bonds. The van der Waals surface area contributed by atoms with Gasteiger partial charge >= 0.3 is 0 Å². The molecule has 1 aromatic carbocycles. The van der Waals surface area contributed by atoms with E-state index in [1.807, 2.05) is 6.92 Å². The van der Waals surface area contributed by atoms with Crippen LogP contribution in [0.2, 0.25) is 0 Å². The molecule has 4 heterocycles. The number of hydrogen-bond acceptors (Lipinski definition) is 6. The van der Waals surface area contributed by atoms with Crippen molar-refractivity contribution in [3.05, 3.63) is 68.9 Å². The van der Waals surface area contributed by atoms with Gasteiger partial charge in [0.2, 0.25) is 5.91 Å². The first-order valence-corrected chi connectivity index (χ1v) is 11.6. The second-order valence-electron chi connectivity index (χ2n) is 9.64. The van der Waals surface area contributed by atoms with Gasteiger partial charge in [0, 0.05) is 49.6 Å². The van der Waals surface area contributed by atoms with E-state index in [-0.39, 0.29) is 35.7 Å². The number of benzene rings is 1. The number of rotatable bonds is 3. The molecule has 3 aliphatic rings. The summed E-state index contributed by atoms with van der Waals surface area (Å²) in [6.07, 6.45) is 2.08. The lowest BCUT2D eigenvalue weighted by Gasteiger charge is -2.42. The minimum absolute atomic E-state index is 0.0170. The van der Waals surface area contributed by atoms with E-state index < -0.39 is 64.0 Å². The van der Waals surface area contributed by atoms with E-state index in [1.165, 1.54) is 11.6 Å². The molecule has 3 aliphatic heterocycles. The Kier molecular flexibility index (Phi) is 5.87. The number of amides is 3. The van der Waals surface area contributed by atoms with Crippen molar-refractivity contribution in [2.24, 2.45) is 0 Å². The summed E-state index contributed by atoms with van der Waals surface area (Å²) in [7, 11) is 1.48. The molecular formula is C24H23F3N4O6. The van der Waals surface area contributed by atoms with Crippen LogP contribution in [0.4, 0.5) is 13.2 Å². The highest BCUT2D eigenvalue weighted by molar-refractivity contribution is 5.97. The molecule has 1 aromatic heterocycles. The first kappa shape index (κ1) is 25.0. The van der Waals surface area contributed by atoms with Gasteiger partial charge in [-0.25, -0.2) is 23.3 Å². The van der Waals surface area contributed by atoms with Crippen molar-refractivity contribution < 1.29 is 37.6 Å². The van der Waals surface area contributed by atoms with E-state index in [0.717, 1.165) is 17.3 Å². The van der Waals surface area contributed by atoms with Crippen LogP contribution >= 0.6 is 0 Å². The number of hydrogen-bond donors (Lipinski definition) is 1. The van der Waals surface area contributed by atoms with Gasteiger partial charge < -0.3 is 9.47 Å². The Balaban J connectivity index is 1.55. The predicted octanol–water partition coefficient (Wildman–Crippen LogP) is 2.01. The summed E-state index contributed by atoms with van der Waals surface area (Å²) in [4.78, 5) is 59.1. The van der Waals surface area contributed by atoms with Crippen molar-refractivity contribution in [3.8, 4) is 0 Å². The number of aromatic nitrogens is 1. The second kappa shape index (κ2) is 8.70. The highest BCUT2D eigenvalue weighted by atomic mass is 19.1. The molecule has 0 aliphatic carbocycles. The van der Waals surface area contributed by atoms with Crippen LogP contribution in [0.1, 0.15) is 58.6 Å². The molecule has 3 unspecified atom stereocenters. The van der Waals surface area contributed by atoms with E-state index in [0.29, 0.717) is 25.0 Å². The molecule has 0 radical (unpaired) electrons. The maximum absolute atomic E-state index is 14.0. The van der Waals surface area contributed by atoms with Crippen LogP contribution in [0, 0.1) is 17.5 Å². The third-order valence-electron chi connectivity index (χ3n) is 7.39. The zero-order valence-electron chi connectivity index (χ0n) is 19.9. The highest BCUT2D eigenvalue weighted by Gasteiger charge is 2.55. The van der Waals surface area contributed by atoms with Crippen LogP contribution in [0.3, 0.4) is 0 Å². The summed E-state index contributed by atoms with van der Waals surface area (Å²) in [5.74, 6) is -5.80. The Morgan fingerprint density at radius 3 is 2.49 bits per heavy atom. The maximum Gasteiger partial charge on any atom is 0.283 e. The molecule has 10 nitrogen and oxygen atoms in total. The van der Waals surface area contributed by atoms with Gasteiger partial charge in [0.1, 0.15) is 34.3 Å². The number of pyridine rings is 1. The molecule has 1 spiro atoms. The number of halogens is 3. The molecule has 37 heavy (non-hydrogen) atoms. The summed E-state index contributed by atoms with van der Waals surface area (Å²) < 4.78 is 42.7. The first-order chi connectivity index (χ1) is 17.4. The van der Waals surface area contributed by atoms with Gasteiger partial charge in [-0.15, -0.1) is 0 Å². The summed E-state index contributed by atoms with van der Waals surface area (Å²) >= 11 is 0. The maximum atomic E-state index is 14.0. The van der Waals surface area contributed by atoms with Gasteiger partial charge in [-0.1, -0.05) is 0 Å². The van der Waals surface area contributed by atoms with Crippen molar-refractivity contribution in [3.63, 3.8) is 0 Å². The molecule has 2 fully saturated rings. The van der Waals surface area contributed by atoms with Gasteiger partial charge in [-0.3, -0.25) is 29.2 Å². The number of fused-ring (bicyclic) bond motifs is 5. The van der Waals surface area contributed by atoms with Gasteiger partial charge in [0.25, 0.3) is 11.8 Å². The SMILES string of the molecule is CC1CCC2(CC(=O)N(C)O2)C2CN1C(=O)c1cc(=O)c(C(=O)N(O)Cc3c(F)cc(F)cc3F)cn12. The van der Waals surface area contributed by atoms with Crippen molar-refractivity contribution in [1.29, 1.82) is 0 Å². The molecular weight excluding hydrogens is 497 g/mol. The summed E-state index contributed by atoms with van der Waals surface area (Å²) in [6, 6.07) is 0.916. The fourth-order valence-corrected chi connectivity index (χ4v) is 5.34. The molecule has 2 aromatic rings. The average molecular weight is 520 g/mol. The lowest BCUT2D eigenvalue weighted by molar-refractivity contribution is -0.202. The number of carbonyl (C=O) groups is 3. The zero-order valence-corrected chi connectivity index (χ0v) is 19.9. The van der Waals surface area contributed by atoms with Crippen LogP contribution in [0.15, 0.2) is 29.2 Å². The lowest BCUT2D eigenvalue weighted by atomic mass is 9.85. The lowest BCUT2D eigenvalue weighted by Crippen LogP contribution is -2.52. The standard InChI is InChI=1S/C24H23F3N4O6/c1-12-3-4-24(8-21(33)28(2)37-24)20-11-29(12)23(35)18-7-19(32)15(9-30(18)20)22(34)31(36)10-14-16(26)5-13(25)6-17(14)27/h5-7,9,12,20,36H,3-4,8,10-11H2,1-2H3. The fourth-order valence-electron chi connectivity index (χ4n) is 5.34. The number of carbonyl (C=O) groups excluding carboxylic acids is 3. The quantitative estimate of drug-likeness (QED) is 0.490. The second-order valence-corrected chi connectivity index (χ2v) is 9.64. The molecule has 2 bridgehead atoms. The monoisotopic (exact) mass is 520 g/mol. The van der Waals surface area contributed by atoms with Crippen molar-refractivity contribution in [2.75, 3.05) is 13.6 Å².